The minimum Gasteiger partial charge on any atom is -0.493 e. The number of nitrogens with two attached hydrogens (primary N) is 1. The van der Waals surface area contributed by atoms with Crippen LogP contribution in [0.4, 0.5) is 22.0 Å². The molecule has 0 saturated heterocycles. The van der Waals surface area contributed by atoms with Crippen LogP contribution in [0.15, 0.2) is 48.5 Å². The van der Waals surface area contributed by atoms with E-state index >= 15 is 0 Å². The van der Waals surface area contributed by atoms with Crippen LogP contribution < -0.4 is 25.3 Å². The average molecular weight is 580 g/mol. The molecule has 8 nitrogen and oxygen atoms in total. The van der Waals surface area contributed by atoms with E-state index in [2.05, 4.69) is 10.3 Å². The molecule has 0 unspecified atom stereocenters. The number of carbonyl (C=O) groups is 2. The Kier molecular flexibility index (Phi) is 8.36. The minimum atomic E-state index is -4.88. The number of amides is 2. The maximum absolute atomic E-state index is 14.4. The molecule has 218 valence electrons. The van der Waals surface area contributed by atoms with E-state index in [1.165, 1.54) is 44.4 Å². The number of hydrogen-bond acceptors (Lipinski definition) is 6. The van der Waals surface area contributed by atoms with Crippen molar-refractivity contribution in [1.29, 1.82) is 0 Å². The van der Waals surface area contributed by atoms with Gasteiger partial charge in [-0.25, -0.2) is 13.8 Å². The Morgan fingerprint density at radius 3 is 2.46 bits per heavy atom. The number of fused-ring (bicyclic) bond motifs is 1. The lowest BCUT2D eigenvalue weighted by molar-refractivity contribution is -0.149. The van der Waals surface area contributed by atoms with Crippen molar-refractivity contribution in [3.8, 4) is 28.5 Å². The van der Waals surface area contributed by atoms with E-state index in [9.17, 15) is 31.5 Å². The molecule has 0 saturated carbocycles. The average Bonchev–Trinajstić information content (AvgIpc) is 3.29. The number of benzene rings is 2. The topological polar surface area (TPSA) is 113 Å². The van der Waals surface area contributed by atoms with Gasteiger partial charge in [0.15, 0.2) is 11.5 Å². The molecular formula is C28H26F5N3O5. The number of rotatable bonds is 10. The van der Waals surface area contributed by atoms with Crippen LogP contribution in [0.5, 0.6) is 17.2 Å². The highest BCUT2D eigenvalue weighted by Gasteiger charge is 2.47. The maximum atomic E-state index is 14.4. The Balaban J connectivity index is 1.71. The fraction of sp³-hybridized carbons (Fsp3) is 0.321. The Labute approximate surface area is 231 Å². The van der Waals surface area contributed by atoms with Crippen molar-refractivity contribution in [2.45, 2.75) is 24.4 Å². The zero-order valence-electron chi connectivity index (χ0n) is 22.0. The third-order valence-corrected chi connectivity index (χ3v) is 6.73. The summed E-state index contributed by atoms with van der Waals surface area (Å²) in [6, 6.07) is 9.86. The van der Waals surface area contributed by atoms with Crippen molar-refractivity contribution in [3.63, 3.8) is 0 Å². The Hall–Kier alpha value is -4.42. The quantitative estimate of drug-likeness (QED) is 0.343. The van der Waals surface area contributed by atoms with E-state index in [0.717, 1.165) is 18.2 Å². The van der Waals surface area contributed by atoms with Gasteiger partial charge in [0, 0.05) is 23.2 Å². The molecule has 1 aliphatic rings. The van der Waals surface area contributed by atoms with E-state index in [4.69, 9.17) is 19.9 Å². The highest BCUT2D eigenvalue weighted by molar-refractivity contribution is 5.95. The number of nitrogens with zero attached hydrogens (tertiary/aromatic N) is 1. The molecule has 1 aromatic heterocycles. The zero-order chi connectivity index (χ0) is 29.9. The number of carbonyl (C=O) groups excluding carboxylic acids is 2. The molecule has 2 aromatic carbocycles. The zero-order valence-corrected chi connectivity index (χ0v) is 22.0. The first kappa shape index (κ1) is 29.6. The van der Waals surface area contributed by atoms with Crippen LogP contribution in [0.2, 0.25) is 0 Å². The molecule has 41 heavy (non-hydrogen) atoms. The summed E-state index contributed by atoms with van der Waals surface area (Å²) >= 11 is 0. The summed E-state index contributed by atoms with van der Waals surface area (Å²) in [7, 11) is 1.29. The van der Waals surface area contributed by atoms with Gasteiger partial charge in [-0.3, -0.25) is 9.59 Å². The van der Waals surface area contributed by atoms with Crippen molar-refractivity contribution < 1.29 is 45.8 Å². The minimum absolute atomic E-state index is 0.0287. The Bertz CT molecular complexity index is 1450. The van der Waals surface area contributed by atoms with E-state index < -0.39 is 54.1 Å². The van der Waals surface area contributed by atoms with Crippen LogP contribution in [0.3, 0.4) is 0 Å². The van der Waals surface area contributed by atoms with Gasteiger partial charge in [-0.15, -0.1) is 0 Å². The lowest BCUT2D eigenvalue weighted by Crippen LogP contribution is -2.40. The predicted octanol–water partition coefficient (Wildman–Crippen LogP) is 4.46. The molecule has 0 spiro atoms. The van der Waals surface area contributed by atoms with E-state index in [-0.39, 0.29) is 52.8 Å². The summed E-state index contributed by atoms with van der Waals surface area (Å²) in [5.74, 6) is -4.22. The smallest absolute Gasteiger partial charge is 0.398 e. The van der Waals surface area contributed by atoms with Crippen molar-refractivity contribution in [2.24, 2.45) is 5.73 Å². The molecule has 1 aliphatic heterocycles. The molecule has 13 heteroatoms. The number of halogens is 5. The Morgan fingerprint density at radius 2 is 1.85 bits per heavy atom. The number of pyridine rings is 1. The first-order valence-corrected chi connectivity index (χ1v) is 12.3. The van der Waals surface area contributed by atoms with Gasteiger partial charge in [0.2, 0.25) is 5.91 Å². The van der Waals surface area contributed by atoms with Crippen molar-refractivity contribution in [2.75, 3.05) is 33.5 Å². The largest absolute Gasteiger partial charge is 0.493 e. The number of aromatic nitrogens is 1. The van der Waals surface area contributed by atoms with Crippen LogP contribution in [-0.4, -0.2) is 56.5 Å². The molecular weight excluding hydrogens is 553 g/mol. The number of primary amides is 1. The van der Waals surface area contributed by atoms with E-state index in [0.29, 0.717) is 0 Å². The van der Waals surface area contributed by atoms with Crippen LogP contribution in [-0.2, 0) is 10.2 Å². The van der Waals surface area contributed by atoms with Gasteiger partial charge in [0.05, 0.1) is 12.8 Å². The first-order valence-electron chi connectivity index (χ1n) is 12.3. The highest BCUT2D eigenvalue weighted by Crippen LogP contribution is 2.46. The van der Waals surface area contributed by atoms with Gasteiger partial charge >= 0.3 is 6.18 Å². The SMILES string of the molecule is COc1cc(C(=O)NC[C@H](c2cc3c(c(-c4ccc(F)cc4)n2)OC[C@]3(C)C(N)=O)C(F)(F)F)ccc1OCCF. The second-order valence-electron chi connectivity index (χ2n) is 9.47. The number of nitrogens with one attached hydrogen (secondary N) is 1. The molecule has 3 N–H and O–H groups in total. The van der Waals surface area contributed by atoms with Gasteiger partial charge in [-0.2, -0.15) is 13.2 Å². The summed E-state index contributed by atoms with van der Waals surface area (Å²) in [5.41, 5.74) is 3.93. The molecule has 4 rings (SSSR count). The lowest BCUT2D eigenvalue weighted by atomic mass is 9.82. The van der Waals surface area contributed by atoms with E-state index in [1.807, 2.05) is 0 Å². The van der Waals surface area contributed by atoms with E-state index in [1.54, 1.807) is 0 Å². The second-order valence-corrected chi connectivity index (χ2v) is 9.47. The molecule has 0 fully saturated rings. The van der Waals surface area contributed by atoms with Crippen molar-refractivity contribution in [1.82, 2.24) is 10.3 Å². The maximum Gasteiger partial charge on any atom is 0.398 e. The summed E-state index contributed by atoms with van der Waals surface area (Å²) in [5, 5.41) is 2.27. The Morgan fingerprint density at radius 1 is 1.15 bits per heavy atom. The molecule has 0 bridgehead atoms. The molecule has 2 atom stereocenters. The highest BCUT2D eigenvalue weighted by atomic mass is 19.4. The van der Waals surface area contributed by atoms with Gasteiger partial charge in [0.25, 0.3) is 5.91 Å². The van der Waals surface area contributed by atoms with Crippen LogP contribution >= 0.6 is 0 Å². The third-order valence-electron chi connectivity index (χ3n) is 6.73. The third kappa shape index (κ3) is 6.03. The first-order chi connectivity index (χ1) is 19.4. The summed E-state index contributed by atoms with van der Waals surface area (Å²) < 4.78 is 85.2. The molecule has 0 radical (unpaired) electrons. The van der Waals surface area contributed by atoms with Gasteiger partial charge in [-0.05, 0) is 55.5 Å². The summed E-state index contributed by atoms with van der Waals surface area (Å²) in [6.07, 6.45) is -4.88. The van der Waals surface area contributed by atoms with Gasteiger partial charge < -0.3 is 25.3 Å². The summed E-state index contributed by atoms with van der Waals surface area (Å²) in [6.45, 7) is -0.694. The van der Waals surface area contributed by atoms with Crippen LogP contribution in [0, 0.1) is 5.82 Å². The van der Waals surface area contributed by atoms with Crippen LogP contribution in [0.25, 0.3) is 11.3 Å². The number of hydrogen-bond donors (Lipinski definition) is 2. The number of alkyl halides is 4. The fourth-order valence-corrected chi connectivity index (χ4v) is 4.35. The number of methoxy groups -OCH3 is 1. The van der Waals surface area contributed by atoms with Gasteiger partial charge in [-0.1, -0.05) is 0 Å². The standard InChI is InChI=1S/C28H26F5N3O5/c1-27(26(34)38)14-41-24-18(27)12-20(36-23(24)15-3-6-17(30)7-4-15)19(28(31,32)33)13-35-25(37)16-5-8-21(40-10-9-29)22(11-16)39-2/h3-8,11-12,19H,9-10,13-14H2,1-2H3,(H2,34,38)(H,35,37)/t19-,27+/m1/s1. The predicted molar refractivity (Wildman–Crippen MR) is 137 cm³/mol. The summed E-state index contributed by atoms with van der Waals surface area (Å²) in [4.78, 5) is 29.4. The van der Waals surface area contributed by atoms with Crippen LogP contribution in [0.1, 0.15) is 34.5 Å². The van der Waals surface area contributed by atoms with Gasteiger partial charge in [0.1, 0.15) is 48.5 Å². The molecule has 2 heterocycles. The fourth-order valence-electron chi connectivity index (χ4n) is 4.35. The van der Waals surface area contributed by atoms with Crippen molar-refractivity contribution >= 4 is 11.8 Å². The monoisotopic (exact) mass is 579 g/mol. The lowest BCUT2D eigenvalue weighted by Gasteiger charge is -2.24. The second kappa shape index (κ2) is 11.6. The normalized spacial score (nSPS) is 16.9. The molecule has 2 amide bonds. The van der Waals surface area contributed by atoms with Crippen molar-refractivity contribution in [3.05, 3.63) is 71.2 Å². The number of ether oxygens (including phenoxy) is 3. The molecule has 0 aliphatic carbocycles. The molecule has 3 aromatic rings.